The van der Waals surface area contributed by atoms with Gasteiger partial charge in [-0.2, -0.15) is 0 Å². The van der Waals surface area contributed by atoms with Crippen molar-refractivity contribution in [3.05, 3.63) is 24.0 Å². The Labute approximate surface area is 111 Å². The van der Waals surface area contributed by atoms with E-state index in [0.717, 1.165) is 5.69 Å². The standard InChI is InChI=1S/C13H17FN2O3/c1-9-8-15(13(17)18)5-6-16(9)11-4-3-10(14)7-12(11)19-2/h3-4,7,9H,5-6,8H2,1-2H3,(H,17,18)/t9-/m1/s1. The van der Waals surface area contributed by atoms with Crippen LogP contribution in [0.4, 0.5) is 14.9 Å². The molecule has 0 radical (unpaired) electrons. The number of amides is 1. The summed E-state index contributed by atoms with van der Waals surface area (Å²) in [4.78, 5) is 14.4. The Bertz CT molecular complexity index is 481. The summed E-state index contributed by atoms with van der Waals surface area (Å²) in [5.74, 6) is 0.119. The maximum absolute atomic E-state index is 13.2. The number of carbonyl (C=O) groups is 1. The lowest BCUT2D eigenvalue weighted by atomic mass is 10.1. The van der Waals surface area contributed by atoms with E-state index < -0.39 is 6.09 Å². The number of nitrogens with zero attached hydrogens (tertiary/aromatic N) is 2. The van der Waals surface area contributed by atoms with E-state index >= 15 is 0 Å². The van der Waals surface area contributed by atoms with Gasteiger partial charge in [-0.3, -0.25) is 0 Å². The van der Waals surface area contributed by atoms with Crippen LogP contribution in [-0.2, 0) is 0 Å². The van der Waals surface area contributed by atoms with Crippen molar-refractivity contribution in [3.63, 3.8) is 0 Å². The minimum absolute atomic E-state index is 0.0178. The molecule has 0 saturated carbocycles. The average molecular weight is 268 g/mol. The van der Waals surface area contributed by atoms with E-state index in [0.29, 0.717) is 25.4 Å². The number of benzene rings is 1. The van der Waals surface area contributed by atoms with E-state index in [1.165, 1.54) is 24.1 Å². The summed E-state index contributed by atoms with van der Waals surface area (Å²) in [7, 11) is 1.50. The summed E-state index contributed by atoms with van der Waals surface area (Å²) in [5.41, 5.74) is 0.793. The van der Waals surface area contributed by atoms with Crippen LogP contribution < -0.4 is 9.64 Å². The van der Waals surface area contributed by atoms with E-state index in [9.17, 15) is 9.18 Å². The van der Waals surface area contributed by atoms with Crippen LogP contribution in [0.15, 0.2) is 18.2 Å². The van der Waals surface area contributed by atoms with Crippen molar-refractivity contribution in [1.82, 2.24) is 4.90 Å². The first-order chi connectivity index (χ1) is 9.02. The van der Waals surface area contributed by atoms with Crippen LogP contribution in [0.3, 0.4) is 0 Å². The van der Waals surface area contributed by atoms with Gasteiger partial charge in [0.15, 0.2) is 0 Å². The fourth-order valence-electron chi connectivity index (χ4n) is 2.38. The molecule has 0 unspecified atom stereocenters. The van der Waals surface area contributed by atoms with Gasteiger partial charge in [-0.05, 0) is 19.1 Å². The topological polar surface area (TPSA) is 53.0 Å². The Kier molecular flexibility index (Phi) is 3.78. The van der Waals surface area contributed by atoms with Crippen LogP contribution in [0, 0.1) is 5.82 Å². The predicted molar refractivity (Wildman–Crippen MR) is 69.4 cm³/mol. The summed E-state index contributed by atoms with van der Waals surface area (Å²) in [6, 6.07) is 4.41. The monoisotopic (exact) mass is 268 g/mol. The van der Waals surface area contributed by atoms with Gasteiger partial charge in [-0.1, -0.05) is 0 Å². The number of methoxy groups -OCH3 is 1. The number of carboxylic acid groups (broad SMARTS) is 1. The highest BCUT2D eigenvalue weighted by atomic mass is 19.1. The van der Waals surface area contributed by atoms with Crippen molar-refractivity contribution < 1.29 is 19.0 Å². The lowest BCUT2D eigenvalue weighted by molar-refractivity contribution is 0.136. The first kappa shape index (κ1) is 13.5. The third kappa shape index (κ3) is 2.72. The Balaban J connectivity index is 2.21. The molecular weight excluding hydrogens is 251 g/mol. The second-order valence-electron chi connectivity index (χ2n) is 4.59. The Morgan fingerprint density at radius 1 is 1.47 bits per heavy atom. The third-order valence-corrected chi connectivity index (χ3v) is 3.35. The summed E-state index contributed by atoms with van der Waals surface area (Å²) in [5, 5.41) is 8.98. The average Bonchev–Trinajstić information content (AvgIpc) is 2.38. The molecule has 1 aromatic carbocycles. The molecule has 0 aromatic heterocycles. The van der Waals surface area contributed by atoms with Crippen molar-refractivity contribution in [1.29, 1.82) is 0 Å². The second kappa shape index (κ2) is 5.34. The van der Waals surface area contributed by atoms with Crippen molar-refractivity contribution in [2.45, 2.75) is 13.0 Å². The zero-order chi connectivity index (χ0) is 14.0. The molecule has 104 valence electrons. The van der Waals surface area contributed by atoms with Gasteiger partial charge >= 0.3 is 6.09 Å². The number of piperazine rings is 1. The van der Waals surface area contributed by atoms with Crippen LogP contribution in [0.25, 0.3) is 0 Å². The lowest BCUT2D eigenvalue weighted by Gasteiger charge is -2.40. The lowest BCUT2D eigenvalue weighted by Crippen LogP contribution is -2.53. The molecule has 1 atom stereocenters. The van der Waals surface area contributed by atoms with Gasteiger partial charge in [0.25, 0.3) is 0 Å². The highest BCUT2D eigenvalue weighted by Crippen LogP contribution is 2.31. The maximum Gasteiger partial charge on any atom is 0.407 e. The molecule has 1 heterocycles. The molecule has 1 saturated heterocycles. The first-order valence-corrected chi connectivity index (χ1v) is 6.11. The third-order valence-electron chi connectivity index (χ3n) is 3.35. The van der Waals surface area contributed by atoms with Gasteiger partial charge < -0.3 is 19.6 Å². The zero-order valence-corrected chi connectivity index (χ0v) is 11.0. The van der Waals surface area contributed by atoms with Gasteiger partial charge in [-0.25, -0.2) is 9.18 Å². The van der Waals surface area contributed by atoms with Crippen molar-refractivity contribution in [2.24, 2.45) is 0 Å². The molecule has 19 heavy (non-hydrogen) atoms. The highest BCUT2D eigenvalue weighted by Gasteiger charge is 2.28. The quantitative estimate of drug-likeness (QED) is 0.891. The molecule has 1 aliphatic rings. The van der Waals surface area contributed by atoms with Crippen LogP contribution in [0.5, 0.6) is 5.75 Å². The fourth-order valence-corrected chi connectivity index (χ4v) is 2.38. The largest absolute Gasteiger partial charge is 0.494 e. The highest BCUT2D eigenvalue weighted by molar-refractivity contribution is 5.66. The molecule has 0 spiro atoms. The SMILES string of the molecule is COc1cc(F)ccc1N1CCN(C(=O)O)C[C@H]1C. The summed E-state index contributed by atoms with van der Waals surface area (Å²) in [6.45, 7) is 3.36. The van der Waals surface area contributed by atoms with E-state index in [1.807, 2.05) is 11.8 Å². The van der Waals surface area contributed by atoms with Gasteiger partial charge in [0.05, 0.1) is 12.8 Å². The van der Waals surface area contributed by atoms with E-state index in [4.69, 9.17) is 9.84 Å². The fraction of sp³-hybridized carbons (Fsp3) is 0.462. The Morgan fingerprint density at radius 2 is 2.21 bits per heavy atom. The van der Waals surface area contributed by atoms with Crippen molar-refractivity contribution in [3.8, 4) is 5.75 Å². The summed E-state index contributed by atoms with van der Waals surface area (Å²) >= 11 is 0. The number of hydrogen-bond acceptors (Lipinski definition) is 3. The van der Waals surface area contributed by atoms with Gasteiger partial charge in [0.2, 0.25) is 0 Å². The Morgan fingerprint density at radius 3 is 2.79 bits per heavy atom. The molecule has 5 nitrogen and oxygen atoms in total. The van der Waals surface area contributed by atoms with Gasteiger partial charge in [-0.15, -0.1) is 0 Å². The molecule has 1 N–H and O–H groups in total. The number of hydrogen-bond donors (Lipinski definition) is 1. The minimum atomic E-state index is -0.905. The van der Waals surface area contributed by atoms with Crippen LogP contribution in [-0.4, -0.2) is 48.9 Å². The van der Waals surface area contributed by atoms with Gasteiger partial charge in [0, 0.05) is 31.7 Å². The smallest absolute Gasteiger partial charge is 0.407 e. The predicted octanol–water partition coefficient (Wildman–Crippen LogP) is 2.02. The molecule has 6 heteroatoms. The number of anilines is 1. The summed E-state index contributed by atoms with van der Waals surface area (Å²) in [6.07, 6.45) is -0.905. The van der Waals surface area contributed by atoms with Crippen molar-refractivity contribution in [2.75, 3.05) is 31.6 Å². The molecule has 0 bridgehead atoms. The normalized spacial score (nSPS) is 19.4. The number of rotatable bonds is 2. The number of halogens is 1. The second-order valence-corrected chi connectivity index (χ2v) is 4.59. The minimum Gasteiger partial charge on any atom is -0.494 e. The van der Waals surface area contributed by atoms with E-state index in [2.05, 4.69) is 0 Å². The number of ether oxygens (including phenoxy) is 1. The molecule has 1 aliphatic heterocycles. The molecule has 1 fully saturated rings. The van der Waals surface area contributed by atoms with Crippen LogP contribution in [0.2, 0.25) is 0 Å². The van der Waals surface area contributed by atoms with Crippen LogP contribution in [0.1, 0.15) is 6.92 Å². The first-order valence-electron chi connectivity index (χ1n) is 6.11. The van der Waals surface area contributed by atoms with E-state index in [-0.39, 0.29) is 11.9 Å². The molecule has 1 aromatic rings. The molecular formula is C13H17FN2O3. The molecule has 2 rings (SSSR count). The zero-order valence-electron chi connectivity index (χ0n) is 11.0. The van der Waals surface area contributed by atoms with Gasteiger partial charge in [0.1, 0.15) is 11.6 Å². The molecule has 1 amide bonds. The van der Waals surface area contributed by atoms with E-state index in [1.54, 1.807) is 6.07 Å². The molecule has 0 aliphatic carbocycles. The van der Waals surface area contributed by atoms with Crippen molar-refractivity contribution >= 4 is 11.8 Å². The van der Waals surface area contributed by atoms with Crippen LogP contribution >= 0.6 is 0 Å². The maximum atomic E-state index is 13.2. The summed E-state index contributed by atoms with van der Waals surface area (Å²) < 4.78 is 18.4. The Hall–Kier alpha value is -1.98.